The number of halogens is 3. The molecule has 8 rings (SSSR count). The second-order valence-corrected chi connectivity index (χ2v) is 13.8. The molecule has 2 aromatic heterocycles. The minimum atomic E-state index is -0.931. The number of carbonyl (C=O) groups is 1. The molecule has 0 aliphatic carbocycles. The van der Waals surface area contributed by atoms with Crippen LogP contribution in [0.2, 0.25) is 0 Å². The molecule has 4 aromatic rings. The van der Waals surface area contributed by atoms with E-state index in [-0.39, 0.29) is 58.2 Å². The quantitative estimate of drug-likeness (QED) is 0.283. The topological polar surface area (TPSA) is 96.0 Å². The fourth-order valence-electron chi connectivity index (χ4n) is 8.12. The SMILES string of the molecule is C#Cc1c(F)ccc2cc(OC(=O)N(C)C)cc(-c3ncc4c(N5CC6CCC(C5)N6)nc(OC[C@@]56CCCN5C[C@H](F)C6)nc4c3F)c12. The van der Waals surface area contributed by atoms with E-state index in [0.717, 1.165) is 32.2 Å². The van der Waals surface area contributed by atoms with Gasteiger partial charge in [0.25, 0.3) is 0 Å². The van der Waals surface area contributed by atoms with Crippen LogP contribution in [0.15, 0.2) is 30.5 Å². The molecule has 2 bridgehead atoms. The van der Waals surface area contributed by atoms with Crippen LogP contribution < -0.4 is 19.7 Å². The Labute approximate surface area is 281 Å². The number of nitrogens with zero attached hydrogens (tertiary/aromatic N) is 6. The molecule has 13 heteroatoms. The summed E-state index contributed by atoms with van der Waals surface area (Å²) in [5, 5.41) is 4.67. The maximum atomic E-state index is 17.1. The molecule has 0 saturated carbocycles. The van der Waals surface area contributed by atoms with Gasteiger partial charge in [0.05, 0.1) is 16.5 Å². The fraction of sp³-hybridized carbons (Fsp3) is 0.444. The molecule has 2 aromatic carbocycles. The summed E-state index contributed by atoms with van der Waals surface area (Å²) >= 11 is 0. The second-order valence-electron chi connectivity index (χ2n) is 13.8. The molecule has 0 spiro atoms. The van der Waals surface area contributed by atoms with E-state index in [2.05, 4.69) is 31.0 Å². The zero-order valence-corrected chi connectivity index (χ0v) is 27.3. The summed E-state index contributed by atoms with van der Waals surface area (Å²) in [4.78, 5) is 32.0. The highest BCUT2D eigenvalue weighted by Gasteiger charge is 2.49. The summed E-state index contributed by atoms with van der Waals surface area (Å²) in [6.45, 7) is 2.69. The molecule has 4 aliphatic heterocycles. The first-order valence-electron chi connectivity index (χ1n) is 16.6. The van der Waals surface area contributed by atoms with E-state index in [9.17, 15) is 9.18 Å². The third-order valence-corrected chi connectivity index (χ3v) is 10.4. The lowest BCUT2D eigenvalue weighted by molar-refractivity contribution is 0.107. The number of ether oxygens (including phenoxy) is 2. The van der Waals surface area contributed by atoms with E-state index in [1.807, 2.05) is 0 Å². The number of terminal acetylenes is 1. The highest BCUT2D eigenvalue weighted by molar-refractivity contribution is 6.03. The number of alkyl halides is 1. The number of nitrogens with one attached hydrogen (secondary N) is 1. The summed E-state index contributed by atoms with van der Waals surface area (Å²) in [7, 11) is 3.07. The largest absolute Gasteiger partial charge is 0.461 e. The van der Waals surface area contributed by atoms with Crippen molar-refractivity contribution < 1.29 is 27.4 Å². The van der Waals surface area contributed by atoms with Crippen molar-refractivity contribution in [1.82, 2.24) is 30.1 Å². The van der Waals surface area contributed by atoms with Crippen molar-refractivity contribution in [3.05, 3.63) is 47.7 Å². The van der Waals surface area contributed by atoms with Crippen LogP contribution >= 0.6 is 0 Å². The zero-order valence-electron chi connectivity index (χ0n) is 27.3. The number of hydrogen-bond acceptors (Lipinski definition) is 9. The molecule has 1 amide bonds. The van der Waals surface area contributed by atoms with Gasteiger partial charge in [-0.25, -0.2) is 18.0 Å². The van der Waals surface area contributed by atoms with Crippen LogP contribution in [-0.2, 0) is 0 Å². The maximum Gasteiger partial charge on any atom is 0.414 e. The van der Waals surface area contributed by atoms with Crippen LogP contribution in [0.3, 0.4) is 0 Å². The van der Waals surface area contributed by atoms with Crippen LogP contribution in [0.5, 0.6) is 11.8 Å². The lowest BCUT2D eigenvalue weighted by Crippen LogP contribution is -2.51. The van der Waals surface area contributed by atoms with E-state index in [1.54, 1.807) is 6.07 Å². The van der Waals surface area contributed by atoms with Crippen LogP contribution in [0.25, 0.3) is 32.9 Å². The molecule has 1 N–H and O–H groups in total. The van der Waals surface area contributed by atoms with Gasteiger partial charge in [0.15, 0.2) is 5.82 Å². The molecule has 49 heavy (non-hydrogen) atoms. The summed E-state index contributed by atoms with van der Waals surface area (Å²) in [6, 6.07) is 6.20. The van der Waals surface area contributed by atoms with E-state index in [0.29, 0.717) is 42.6 Å². The summed E-state index contributed by atoms with van der Waals surface area (Å²) in [6.07, 6.45) is 9.87. The number of hydrogen-bond donors (Lipinski definition) is 1. The highest BCUT2D eigenvalue weighted by Crippen LogP contribution is 2.42. The molecule has 10 nitrogen and oxygen atoms in total. The lowest BCUT2D eigenvalue weighted by atomic mass is 9.95. The van der Waals surface area contributed by atoms with E-state index < -0.39 is 29.4 Å². The minimum absolute atomic E-state index is 0.0122. The van der Waals surface area contributed by atoms with Crippen molar-refractivity contribution in [3.8, 4) is 35.4 Å². The third kappa shape index (κ3) is 5.47. The molecule has 2 unspecified atom stereocenters. The van der Waals surface area contributed by atoms with E-state index in [4.69, 9.17) is 20.9 Å². The number of benzene rings is 2. The first-order chi connectivity index (χ1) is 23.6. The van der Waals surface area contributed by atoms with Gasteiger partial charge in [0, 0.05) is 69.4 Å². The standard InChI is InChI=1S/C36H36F3N7O3/c1-4-25-28(38)9-6-20-12-24(49-35(47)44(2)3)13-26(29(20)25)31-30(39)32-27(15-40-31)33(45-17-22-7-8-23(18-45)41-22)43-34(42-32)48-19-36-10-5-11-46(36)16-21(37)14-36/h1,6,9,12-13,15,21-23,41H,5,7-8,10-11,14,16-19H2,2-3H3/t21-,22?,23?,36+/m1/s1. The van der Waals surface area contributed by atoms with Gasteiger partial charge in [-0.15, -0.1) is 6.42 Å². The molecule has 4 atom stereocenters. The Morgan fingerprint density at radius 2 is 1.96 bits per heavy atom. The van der Waals surface area contributed by atoms with Crippen LogP contribution in [0, 0.1) is 24.0 Å². The smallest absolute Gasteiger partial charge is 0.414 e. The van der Waals surface area contributed by atoms with Crippen molar-refractivity contribution >= 4 is 33.6 Å². The summed E-state index contributed by atoms with van der Waals surface area (Å²) in [5.74, 6) is 1.54. The number of fused-ring (bicyclic) bond motifs is 5. The van der Waals surface area contributed by atoms with Gasteiger partial charge in [0.1, 0.15) is 41.4 Å². The Bertz CT molecular complexity index is 2030. The molecule has 4 aliphatic rings. The molecule has 0 radical (unpaired) electrons. The summed E-state index contributed by atoms with van der Waals surface area (Å²) < 4.78 is 58.5. The van der Waals surface area contributed by atoms with Gasteiger partial charge in [0.2, 0.25) is 0 Å². The molecular weight excluding hydrogens is 635 g/mol. The van der Waals surface area contributed by atoms with Crippen molar-refractivity contribution in [2.75, 3.05) is 51.8 Å². The zero-order chi connectivity index (χ0) is 34.0. The Kier molecular flexibility index (Phi) is 7.76. The second kappa shape index (κ2) is 12.0. The van der Waals surface area contributed by atoms with Crippen molar-refractivity contribution in [2.24, 2.45) is 0 Å². The monoisotopic (exact) mass is 671 g/mol. The van der Waals surface area contributed by atoms with Crippen LogP contribution in [0.1, 0.15) is 37.7 Å². The average Bonchev–Trinajstić information content (AvgIpc) is 3.73. The number of piperazine rings is 1. The summed E-state index contributed by atoms with van der Waals surface area (Å²) in [5.41, 5.74) is -0.586. The van der Waals surface area contributed by atoms with Crippen molar-refractivity contribution in [1.29, 1.82) is 0 Å². The number of pyridine rings is 1. The van der Waals surface area contributed by atoms with Crippen molar-refractivity contribution in [3.63, 3.8) is 0 Å². The molecule has 4 saturated heterocycles. The Morgan fingerprint density at radius 3 is 2.71 bits per heavy atom. The first-order valence-corrected chi connectivity index (χ1v) is 16.6. The third-order valence-electron chi connectivity index (χ3n) is 10.4. The van der Waals surface area contributed by atoms with Crippen LogP contribution in [0.4, 0.5) is 23.8 Å². The van der Waals surface area contributed by atoms with E-state index >= 15 is 8.78 Å². The molecule has 4 fully saturated rings. The number of rotatable bonds is 6. The van der Waals surface area contributed by atoms with E-state index in [1.165, 1.54) is 43.4 Å². The predicted octanol–water partition coefficient (Wildman–Crippen LogP) is 5.06. The average molecular weight is 672 g/mol. The molecular formula is C36H36F3N7O3. The predicted molar refractivity (Wildman–Crippen MR) is 179 cm³/mol. The number of carbonyl (C=O) groups excluding carboxylic acids is 1. The first kappa shape index (κ1) is 31.6. The van der Waals surface area contributed by atoms with Crippen LogP contribution in [-0.4, -0.2) is 102 Å². The Hall–Kier alpha value is -4.67. The highest BCUT2D eigenvalue weighted by atomic mass is 19.1. The van der Waals surface area contributed by atoms with Gasteiger partial charge >= 0.3 is 12.1 Å². The van der Waals surface area contributed by atoms with Gasteiger partial charge in [-0.2, -0.15) is 9.97 Å². The van der Waals surface area contributed by atoms with Gasteiger partial charge in [-0.3, -0.25) is 9.88 Å². The molecule has 254 valence electrons. The van der Waals surface area contributed by atoms with Crippen molar-refractivity contribution in [2.45, 2.75) is 55.9 Å². The van der Waals surface area contributed by atoms with Gasteiger partial charge < -0.3 is 24.6 Å². The van der Waals surface area contributed by atoms with Gasteiger partial charge in [-0.1, -0.05) is 12.0 Å². The molecule has 6 heterocycles. The van der Waals surface area contributed by atoms with Gasteiger partial charge in [-0.05, 0) is 55.8 Å². The minimum Gasteiger partial charge on any atom is -0.461 e. The fourth-order valence-corrected chi connectivity index (χ4v) is 8.12. The normalized spacial score (nSPS) is 24.7. The number of anilines is 1. The number of aromatic nitrogens is 3. The Morgan fingerprint density at radius 1 is 1.16 bits per heavy atom. The lowest BCUT2D eigenvalue weighted by Gasteiger charge is -2.34. The maximum absolute atomic E-state index is 17.1. The Balaban J connectivity index is 1.28. The number of amides is 1.